The molecule has 1 aromatic carbocycles. The Labute approximate surface area is 153 Å². The van der Waals surface area contributed by atoms with E-state index in [0.717, 1.165) is 12.1 Å². The summed E-state index contributed by atoms with van der Waals surface area (Å²) >= 11 is 0. The van der Waals surface area contributed by atoms with Gasteiger partial charge < -0.3 is 14.7 Å². The van der Waals surface area contributed by atoms with Crippen molar-refractivity contribution >= 4 is 6.09 Å². The van der Waals surface area contributed by atoms with E-state index in [0.29, 0.717) is 31.5 Å². The standard InChI is InChI=1S/C18H24F3NO3.CH4/c1-17(2,3)25-16(24)22-10-8-13(9-11-22)15(23)12-4-6-14(7-5-12)18(19,20)21;/h4-7,13,15,23H,8-11H2,1-3H3;1H4. The van der Waals surface area contributed by atoms with Crippen LogP contribution in [-0.4, -0.2) is 34.8 Å². The molecule has 1 N–H and O–H groups in total. The van der Waals surface area contributed by atoms with E-state index in [1.807, 2.05) is 0 Å². The normalized spacial score (nSPS) is 17.4. The molecule has 1 atom stereocenters. The minimum Gasteiger partial charge on any atom is -0.444 e. The Morgan fingerprint density at radius 1 is 1.15 bits per heavy atom. The van der Waals surface area contributed by atoms with Crippen LogP contribution in [0.5, 0.6) is 0 Å². The van der Waals surface area contributed by atoms with Gasteiger partial charge in [-0.25, -0.2) is 4.79 Å². The molecule has 1 aliphatic heterocycles. The highest BCUT2D eigenvalue weighted by Gasteiger charge is 2.32. The predicted molar refractivity (Wildman–Crippen MR) is 93.7 cm³/mol. The Bertz CT molecular complexity index is 586. The SMILES string of the molecule is C.CC(C)(C)OC(=O)N1CCC(C(O)c2ccc(C(F)(F)F)cc2)CC1. The fraction of sp³-hybridized carbons (Fsp3) is 0.632. The highest BCUT2D eigenvalue weighted by atomic mass is 19.4. The first-order valence-corrected chi connectivity index (χ1v) is 8.30. The van der Waals surface area contributed by atoms with E-state index in [1.165, 1.54) is 12.1 Å². The number of likely N-dealkylation sites (tertiary alicyclic amines) is 1. The summed E-state index contributed by atoms with van der Waals surface area (Å²) in [6, 6.07) is 4.59. The van der Waals surface area contributed by atoms with Crippen molar-refractivity contribution < 1.29 is 27.8 Å². The molecule has 0 bridgehead atoms. The number of halogens is 3. The number of carbonyl (C=O) groups excluding carboxylic acids is 1. The van der Waals surface area contributed by atoms with Crippen LogP contribution >= 0.6 is 0 Å². The lowest BCUT2D eigenvalue weighted by Crippen LogP contribution is -2.42. The molecule has 1 saturated heterocycles. The number of aliphatic hydroxyl groups is 1. The van der Waals surface area contributed by atoms with Crippen LogP contribution in [0.25, 0.3) is 0 Å². The molecule has 1 unspecified atom stereocenters. The van der Waals surface area contributed by atoms with Gasteiger partial charge in [0.05, 0.1) is 11.7 Å². The lowest BCUT2D eigenvalue weighted by molar-refractivity contribution is -0.137. The third-order valence-electron chi connectivity index (χ3n) is 4.22. The molecule has 1 aliphatic rings. The number of hydrogen-bond acceptors (Lipinski definition) is 3. The summed E-state index contributed by atoms with van der Waals surface area (Å²) in [5, 5.41) is 10.4. The van der Waals surface area contributed by atoms with Gasteiger partial charge in [-0.15, -0.1) is 0 Å². The first-order valence-electron chi connectivity index (χ1n) is 8.30. The quantitative estimate of drug-likeness (QED) is 0.789. The van der Waals surface area contributed by atoms with Gasteiger partial charge in [0, 0.05) is 13.1 Å². The second-order valence-electron chi connectivity index (χ2n) is 7.37. The number of rotatable bonds is 2. The van der Waals surface area contributed by atoms with E-state index < -0.39 is 23.4 Å². The van der Waals surface area contributed by atoms with Crippen LogP contribution in [0.15, 0.2) is 24.3 Å². The Morgan fingerprint density at radius 3 is 2.08 bits per heavy atom. The lowest BCUT2D eigenvalue weighted by Gasteiger charge is -2.35. The predicted octanol–water partition coefficient (Wildman–Crippen LogP) is 5.02. The molecule has 26 heavy (non-hydrogen) atoms. The molecule has 1 heterocycles. The summed E-state index contributed by atoms with van der Waals surface area (Å²) in [7, 11) is 0. The molecule has 1 aromatic rings. The van der Waals surface area contributed by atoms with Gasteiger partial charge in [-0.1, -0.05) is 19.6 Å². The highest BCUT2D eigenvalue weighted by molar-refractivity contribution is 5.68. The highest BCUT2D eigenvalue weighted by Crippen LogP contribution is 2.34. The maximum absolute atomic E-state index is 12.6. The molecule has 148 valence electrons. The van der Waals surface area contributed by atoms with Gasteiger partial charge in [0.2, 0.25) is 0 Å². The zero-order valence-electron chi connectivity index (χ0n) is 14.6. The molecule has 0 aliphatic carbocycles. The van der Waals surface area contributed by atoms with E-state index >= 15 is 0 Å². The topological polar surface area (TPSA) is 49.8 Å². The monoisotopic (exact) mass is 375 g/mol. The summed E-state index contributed by atoms with van der Waals surface area (Å²) in [6.45, 7) is 6.30. The number of nitrogens with zero attached hydrogens (tertiary/aromatic N) is 1. The van der Waals surface area contributed by atoms with Crippen molar-refractivity contribution in [3.8, 4) is 0 Å². The van der Waals surface area contributed by atoms with E-state index in [4.69, 9.17) is 4.74 Å². The smallest absolute Gasteiger partial charge is 0.416 e. The van der Waals surface area contributed by atoms with Crippen molar-refractivity contribution in [2.24, 2.45) is 5.92 Å². The van der Waals surface area contributed by atoms with Gasteiger partial charge in [0.25, 0.3) is 0 Å². The Hall–Kier alpha value is -1.76. The first kappa shape index (κ1) is 22.3. The van der Waals surface area contributed by atoms with Gasteiger partial charge in [-0.05, 0) is 57.2 Å². The number of piperidine rings is 1. The van der Waals surface area contributed by atoms with E-state index in [1.54, 1.807) is 25.7 Å². The number of ether oxygens (including phenoxy) is 1. The van der Waals surface area contributed by atoms with E-state index in [9.17, 15) is 23.1 Å². The second-order valence-corrected chi connectivity index (χ2v) is 7.37. The molecule has 1 amide bonds. The van der Waals surface area contributed by atoms with Crippen LogP contribution in [0.3, 0.4) is 0 Å². The van der Waals surface area contributed by atoms with Crippen LogP contribution in [0.4, 0.5) is 18.0 Å². The van der Waals surface area contributed by atoms with Crippen molar-refractivity contribution in [3.05, 3.63) is 35.4 Å². The summed E-state index contributed by atoms with van der Waals surface area (Å²) in [5.74, 6) is -0.101. The van der Waals surface area contributed by atoms with E-state index in [-0.39, 0.29) is 19.4 Å². The Morgan fingerprint density at radius 2 is 1.65 bits per heavy atom. The summed E-state index contributed by atoms with van der Waals surface area (Å²) < 4.78 is 43.1. The molecule has 1 fully saturated rings. The van der Waals surface area contributed by atoms with Gasteiger partial charge in [-0.2, -0.15) is 13.2 Å². The summed E-state index contributed by atoms with van der Waals surface area (Å²) in [6.07, 6.45) is -4.47. The number of aliphatic hydroxyl groups excluding tert-OH is 1. The Balaban J connectivity index is 0.00000338. The van der Waals surface area contributed by atoms with Crippen LogP contribution in [-0.2, 0) is 10.9 Å². The van der Waals surface area contributed by atoms with Gasteiger partial charge in [-0.3, -0.25) is 0 Å². The number of carbonyl (C=O) groups is 1. The van der Waals surface area contributed by atoms with Crippen LogP contribution in [0.2, 0.25) is 0 Å². The van der Waals surface area contributed by atoms with Crippen LogP contribution in [0, 0.1) is 5.92 Å². The van der Waals surface area contributed by atoms with Gasteiger partial charge in [0.15, 0.2) is 0 Å². The third-order valence-corrected chi connectivity index (χ3v) is 4.22. The maximum Gasteiger partial charge on any atom is 0.416 e. The van der Waals surface area contributed by atoms with Gasteiger partial charge in [0.1, 0.15) is 5.60 Å². The van der Waals surface area contributed by atoms with Crippen molar-refractivity contribution in [2.45, 2.75) is 58.9 Å². The molecule has 0 radical (unpaired) electrons. The molecular formula is C19H28F3NO3. The summed E-state index contributed by atoms with van der Waals surface area (Å²) in [4.78, 5) is 13.6. The molecule has 0 spiro atoms. The molecule has 7 heteroatoms. The van der Waals surface area contributed by atoms with Crippen molar-refractivity contribution in [1.82, 2.24) is 4.90 Å². The molecule has 0 aromatic heterocycles. The Kier molecular flexibility index (Phi) is 7.10. The average Bonchev–Trinajstić information content (AvgIpc) is 2.52. The molecular weight excluding hydrogens is 347 g/mol. The van der Waals surface area contributed by atoms with Crippen molar-refractivity contribution in [1.29, 1.82) is 0 Å². The van der Waals surface area contributed by atoms with Crippen molar-refractivity contribution in [3.63, 3.8) is 0 Å². The fourth-order valence-electron chi connectivity index (χ4n) is 2.87. The first-order chi connectivity index (χ1) is 11.5. The second kappa shape index (κ2) is 8.29. The zero-order valence-corrected chi connectivity index (χ0v) is 14.6. The van der Waals surface area contributed by atoms with Crippen LogP contribution < -0.4 is 0 Å². The van der Waals surface area contributed by atoms with Crippen LogP contribution in [0.1, 0.15) is 58.3 Å². The molecule has 0 saturated carbocycles. The number of hydrogen-bond donors (Lipinski definition) is 1. The third kappa shape index (κ3) is 5.90. The minimum atomic E-state index is -4.39. The maximum atomic E-state index is 12.6. The van der Waals surface area contributed by atoms with Gasteiger partial charge >= 0.3 is 12.3 Å². The minimum absolute atomic E-state index is 0. The average molecular weight is 375 g/mol. The molecule has 4 nitrogen and oxygen atoms in total. The summed E-state index contributed by atoms with van der Waals surface area (Å²) in [5.41, 5.74) is -0.833. The zero-order chi connectivity index (χ0) is 18.8. The number of benzene rings is 1. The van der Waals surface area contributed by atoms with Crippen molar-refractivity contribution in [2.75, 3.05) is 13.1 Å². The van der Waals surface area contributed by atoms with E-state index in [2.05, 4.69) is 0 Å². The number of amides is 1. The largest absolute Gasteiger partial charge is 0.444 e. The fourth-order valence-corrected chi connectivity index (χ4v) is 2.87. The lowest BCUT2D eigenvalue weighted by atomic mass is 9.87. The number of alkyl halides is 3. The molecule has 2 rings (SSSR count).